The summed E-state index contributed by atoms with van der Waals surface area (Å²) in [5.74, 6) is 0. The third kappa shape index (κ3) is 106. The van der Waals surface area contributed by atoms with Gasteiger partial charge in [-0.15, -0.1) is 0 Å². The molecule has 0 heterocycles. The maximum Gasteiger partial charge on any atom is 0.503 e. The van der Waals surface area contributed by atoms with Gasteiger partial charge in [-0.25, -0.2) is 10.1 Å². The Balaban J connectivity index is -0.000000114. The van der Waals surface area contributed by atoms with Crippen LogP contribution in [0.3, 0.4) is 0 Å². The highest BCUT2D eigenvalue weighted by atomic mass is 32.3. The topological polar surface area (TPSA) is 176 Å². The zero-order valence-corrected chi connectivity index (χ0v) is 5.85. The first-order chi connectivity index (χ1) is 4.29. The van der Waals surface area contributed by atoms with Crippen LogP contribution in [0.2, 0.25) is 0 Å². The predicted molar refractivity (Wildman–Crippen MR) is 30.9 cm³/mol. The van der Waals surface area contributed by atoms with Crippen molar-refractivity contribution in [2.24, 2.45) is 0 Å². The molecule has 0 fully saturated rings. The number of carbonyl (C=O) groups is 1. The molecule has 70 valence electrons. The minimum atomic E-state index is -4.61. The summed E-state index contributed by atoms with van der Waals surface area (Å²) in [5.41, 5.74) is 0. The molecule has 0 spiro atoms. The van der Waals surface area contributed by atoms with Crippen molar-refractivity contribution in [1.82, 2.24) is 6.15 Å². The molecule has 0 unspecified atom stereocenters. The van der Waals surface area contributed by atoms with Crippen molar-refractivity contribution in [2.45, 2.75) is 0 Å². The Morgan fingerprint density at radius 2 is 1.36 bits per heavy atom. The molecule has 11 heavy (non-hydrogen) atoms. The minimum Gasteiger partial charge on any atom is -0.450 e. The predicted octanol–water partition coefficient (Wildman–Crippen LogP) is -0.337. The van der Waals surface area contributed by atoms with Gasteiger partial charge >= 0.3 is 16.6 Å². The Bertz CT molecular complexity index is 176. The van der Waals surface area contributed by atoms with Crippen LogP contribution in [0.25, 0.3) is 0 Å². The molecule has 9 nitrogen and oxygen atoms in total. The summed E-state index contributed by atoms with van der Waals surface area (Å²) in [6.07, 6.45) is -1.83. The monoisotopic (exact) mass is 193 g/mol. The SMILES string of the molecule is N.O=C(O)O.O=S(=O)(O)OO. The summed E-state index contributed by atoms with van der Waals surface area (Å²) in [7, 11) is -4.61. The fraction of sp³-hybridized carbons (Fsp3) is 0. The zero-order valence-electron chi connectivity index (χ0n) is 5.04. The molecule has 0 atom stereocenters. The fourth-order valence-electron chi connectivity index (χ4n) is 0. The highest BCUT2D eigenvalue weighted by Crippen LogP contribution is 1.74. The van der Waals surface area contributed by atoms with E-state index in [1.807, 2.05) is 0 Å². The zero-order chi connectivity index (χ0) is 8.78. The van der Waals surface area contributed by atoms with Gasteiger partial charge in [0.25, 0.3) is 0 Å². The van der Waals surface area contributed by atoms with Crippen LogP contribution >= 0.6 is 0 Å². The lowest BCUT2D eigenvalue weighted by molar-refractivity contribution is -0.139. The van der Waals surface area contributed by atoms with E-state index in [2.05, 4.69) is 4.33 Å². The smallest absolute Gasteiger partial charge is 0.450 e. The van der Waals surface area contributed by atoms with Crippen LogP contribution in [-0.2, 0) is 14.7 Å². The standard InChI is InChI=1S/CH2O3.H3N.H2O5S/c2-1(3)4;;1-5-6(2,3)4/h(H2,2,3,4);1H3;1H,(H,2,3,4). The number of carboxylic acid groups (broad SMARTS) is 2. The van der Waals surface area contributed by atoms with Gasteiger partial charge in [0, 0.05) is 0 Å². The first kappa shape index (κ1) is 16.6. The normalized spacial score (nSPS) is 8.55. The molecular formula is CH7NO8S. The molecule has 0 bridgehead atoms. The van der Waals surface area contributed by atoms with Crippen LogP contribution in [0.15, 0.2) is 0 Å². The van der Waals surface area contributed by atoms with E-state index in [9.17, 15) is 0 Å². The lowest BCUT2D eigenvalue weighted by Gasteiger charge is -1.79. The van der Waals surface area contributed by atoms with Crippen molar-refractivity contribution in [3.8, 4) is 0 Å². The maximum absolute atomic E-state index is 9.08. The number of hydrogen-bond donors (Lipinski definition) is 5. The average molecular weight is 193 g/mol. The summed E-state index contributed by atoms with van der Waals surface area (Å²) in [6.45, 7) is 0. The third-order valence-corrected chi connectivity index (χ3v) is 0.283. The Hall–Kier alpha value is -0.940. The molecule has 0 aliphatic heterocycles. The van der Waals surface area contributed by atoms with Crippen LogP contribution in [0, 0.1) is 0 Å². The van der Waals surface area contributed by atoms with E-state index in [1.54, 1.807) is 0 Å². The van der Waals surface area contributed by atoms with Gasteiger partial charge in [-0.2, -0.15) is 8.42 Å². The van der Waals surface area contributed by atoms with Crippen molar-refractivity contribution in [3.05, 3.63) is 0 Å². The van der Waals surface area contributed by atoms with E-state index in [-0.39, 0.29) is 6.15 Å². The molecular weight excluding hydrogens is 186 g/mol. The van der Waals surface area contributed by atoms with Gasteiger partial charge in [0.2, 0.25) is 0 Å². The molecule has 0 aromatic heterocycles. The number of rotatable bonds is 1. The van der Waals surface area contributed by atoms with Crippen LogP contribution in [0.4, 0.5) is 4.79 Å². The quantitative estimate of drug-likeness (QED) is 0.211. The van der Waals surface area contributed by atoms with Crippen molar-refractivity contribution < 1.29 is 37.6 Å². The molecule has 0 aliphatic carbocycles. The summed E-state index contributed by atoms with van der Waals surface area (Å²) in [5, 5.41) is 21.0. The second-order valence-electron chi connectivity index (χ2n) is 0.785. The Morgan fingerprint density at radius 3 is 1.36 bits per heavy atom. The first-order valence-electron chi connectivity index (χ1n) is 1.52. The van der Waals surface area contributed by atoms with E-state index in [4.69, 9.17) is 33.2 Å². The van der Waals surface area contributed by atoms with Gasteiger partial charge in [0.05, 0.1) is 0 Å². The van der Waals surface area contributed by atoms with E-state index in [1.165, 1.54) is 0 Å². The molecule has 0 aromatic carbocycles. The van der Waals surface area contributed by atoms with Gasteiger partial charge in [0.1, 0.15) is 0 Å². The van der Waals surface area contributed by atoms with Gasteiger partial charge < -0.3 is 16.4 Å². The highest BCUT2D eigenvalue weighted by Gasteiger charge is 1.97. The van der Waals surface area contributed by atoms with Crippen molar-refractivity contribution in [3.63, 3.8) is 0 Å². The molecule has 0 saturated heterocycles. The van der Waals surface area contributed by atoms with Gasteiger partial charge in [-0.1, -0.05) is 4.33 Å². The molecule has 10 heteroatoms. The second kappa shape index (κ2) is 7.17. The summed E-state index contributed by atoms with van der Waals surface area (Å²) < 4.78 is 28.0. The molecule has 0 aromatic rings. The van der Waals surface area contributed by atoms with Gasteiger partial charge in [-0.05, 0) is 0 Å². The average Bonchev–Trinajstić information content (AvgIpc) is 1.63. The van der Waals surface area contributed by atoms with E-state index < -0.39 is 16.6 Å². The van der Waals surface area contributed by atoms with Crippen LogP contribution < -0.4 is 6.15 Å². The van der Waals surface area contributed by atoms with E-state index in [0.29, 0.717) is 0 Å². The van der Waals surface area contributed by atoms with Gasteiger partial charge in [-0.3, -0.25) is 4.55 Å². The fourth-order valence-corrected chi connectivity index (χ4v) is 0. The molecule has 0 aliphatic rings. The largest absolute Gasteiger partial charge is 0.503 e. The van der Waals surface area contributed by atoms with Crippen LogP contribution in [0.5, 0.6) is 0 Å². The summed E-state index contributed by atoms with van der Waals surface area (Å²) >= 11 is 0. The van der Waals surface area contributed by atoms with Crippen molar-refractivity contribution >= 4 is 16.6 Å². The lowest BCUT2D eigenvalue weighted by Crippen LogP contribution is -1.97. The maximum atomic E-state index is 9.08. The Morgan fingerprint density at radius 1 is 1.27 bits per heavy atom. The van der Waals surface area contributed by atoms with Crippen LogP contribution in [0.1, 0.15) is 0 Å². The third-order valence-electron chi connectivity index (χ3n) is 0.0942. The first-order valence-corrected chi connectivity index (χ1v) is 2.88. The van der Waals surface area contributed by atoms with Gasteiger partial charge in [0.15, 0.2) is 0 Å². The second-order valence-corrected chi connectivity index (χ2v) is 1.79. The molecule has 0 rings (SSSR count). The Labute approximate surface area is 61.3 Å². The van der Waals surface area contributed by atoms with E-state index in [0.717, 1.165) is 0 Å². The summed E-state index contributed by atoms with van der Waals surface area (Å²) in [6, 6.07) is 0. The molecule has 0 saturated carbocycles. The van der Waals surface area contributed by atoms with Crippen LogP contribution in [-0.4, -0.2) is 34.6 Å². The Kier molecular flexibility index (Phi) is 10.8. The minimum absolute atomic E-state index is 0. The summed E-state index contributed by atoms with van der Waals surface area (Å²) in [4.78, 5) is 8.56. The molecule has 7 N–H and O–H groups in total. The molecule has 0 amide bonds. The lowest BCUT2D eigenvalue weighted by atomic mass is 11.5. The highest BCUT2D eigenvalue weighted by molar-refractivity contribution is 7.80. The number of hydrogen-bond acceptors (Lipinski definition) is 6. The molecule has 0 radical (unpaired) electrons. The van der Waals surface area contributed by atoms with E-state index >= 15 is 0 Å². The van der Waals surface area contributed by atoms with Crippen molar-refractivity contribution in [1.29, 1.82) is 0 Å². The van der Waals surface area contributed by atoms with Crippen molar-refractivity contribution in [2.75, 3.05) is 0 Å².